The van der Waals surface area contributed by atoms with E-state index in [2.05, 4.69) is 88.6 Å². The first kappa shape index (κ1) is 33.3. The minimum atomic E-state index is 0.487. The molecule has 1 aliphatic carbocycles. The summed E-state index contributed by atoms with van der Waals surface area (Å²) in [6.07, 6.45) is 13.7. The average Bonchev–Trinajstić information content (AvgIpc) is 3.41. The SMILES string of the molecule is CC.CC\C=C(/C=N\C(=C/CC)CC1CCc2c(-c3cccc(-c4cnc(CN(C)C)c(=S)[nH]4)c3)cccc21)CNC. The van der Waals surface area contributed by atoms with Gasteiger partial charge >= 0.3 is 0 Å². The van der Waals surface area contributed by atoms with Gasteiger partial charge in [0.25, 0.3) is 0 Å². The maximum Gasteiger partial charge on any atom is 0.126 e. The number of likely N-dealkylation sites (N-methyl/N-ethyl adjacent to an activating group) is 1. The molecule has 6 heteroatoms. The summed E-state index contributed by atoms with van der Waals surface area (Å²) in [7, 11) is 6.03. The van der Waals surface area contributed by atoms with Crippen LogP contribution in [-0.2, 0) is 13.0 Å². The van der Waals surface area contributed by atoms with Gasteiger partial charge in [-0.1, -0.05) is 88.5 Å². The fourth-order valence-corrected chi connectivity index (χ4v) is 5.77. The zero-order valence-corrected chi connectivity index (χ0v) is 27.4. The highest BCUT2D eigenvalue weighted by Crippen LogP contribution is 2.42. The first-order valence-corrected chi connectivity index (χ1v) is 15.9. The summed E-state index contributed by atoms with van der Waals surface area (Å²) in [6, 6.07) is 15.5. The molecule has 0 bridgehead atoms. The molecule has 0 saturated heterocycles. The maximum absolute atomic E-state index is 5.61. The molecule has 2 aromatic carbocycles. The Bertz CT molecular complexity index is 1450. The standard InChI is InChI=1S/C34H43N5S.C2H6/c1-6-10-24(20-35-3)21-36-28(11-7-2)19-26-16-17-31-29(14-9-15-30(26)31)25-12-8-13-27(18-25)32-22-37-33(23-39(4)5)34(40)38-32;1-2/h8-15,18,21-22,26,35H,6-7,16-17,19-20,23H2,1-5H3,(H,38,40);1-2H3/b24-10-,28-11-,36-21-;. The lowest BCUT2D eigenvalue weighted by atomic mass is 9.92. The van der Waals surface area contributed by atoms with E-state index in [4.69, 9.17) is 17.2 Å². The van der Waals surface area contributed by atoms with Gasteiger partial charge in [0.05, 0.1) is 17.6 Å². The van der Waals surface area contributed by atoms with Crippen LogP contribution in [0.4, 0.5) is 0 Å². The fourth-order valence-electron chi connectivity index (χ4n) is 5.54. The van der Waals surface area contributed by atoms with E-state index in [1.807, 2.05) is 47.4 Å². The van der Waals surface area contributed by atoms with Crippen LogP contribution in [0.15, 0.2) is 77.1 Å². The third-order valence-corrected chi connectivity index (χ3v) is 7.68. The van der Waals surface area contributed by atoms with Crippen molar-refractivity contribution < 1.29 is 0 Å². The third-order valence-electron chi connectivity index (χ3n) is 7.34. The van der Waals surface area contributed by atoms with E-state index >= 15 is 0 Å². The van der Waals surface area contributed by atoms with Crippen LogP contribution in [0.3, 0.4) is 0 Å². The average molecular weight is 584 g/mol. The van der Waals surface area contributed by atoms with Crippen LogP contribution < -0.4 is 5.32 Å². The smallest absolute Gasteiger partial charge is 0.126 e. The Kier molecular flexibility index (Phi) is 13.5. The summed E-state index contributed by atoms with van der Waals surface area (Å²) in [6.45, 7) is 9.92. The van der Waals surface area contributed by atoms with Crippen LogP contribution in [-0.4, -0.2) is 48.8 Å². The van der Waals surface area contributed by atoms with Gasteiger partial charge in [0.1, 0.15) is 4.64 Å². The molecule has 224 valence electrons. The Morgan fingerprint density at radius 2 is 1.83 bits per heavy atom. The second-order valence-electron chi connectivity index (χ2n) is 10.8. The van der Waals surface area contributed by atoms with Gasteiger partial charge in [-0.15, -0.1) is 0 Å². The second kappa shape index (κ2) is 17.1. The molecule has 2 N–H and O–H groups in total. The fraction of sp³-hybridized carbons (Fsp3) is 0.417. The van der Waals surface area contributed by atoms with E-state index in [-0.39, 0.29) is 0 Å². The quantitative estimate of drug-likeness (QED) is 0.165. The molecule has 0 aliphatic heterocycles. The molecule has 42 heavy (non-hydrogen) atoms. The molecule has 0 saturated carbocycles. The summed E-state index contributed by atoms with van der Waals surface area (Å²) in [5.41, 5.74) is 10.9. The van der Waals surface area contributed by atoms with Crippen LogP contribution in [0.2, 0.25) is 0 Å². The predicted molar refractivity (Wildman–Crippen MR) is 184 cm³/mol. The molecule has 1 heterocycles. The van der Waals surface area contributed by atoms with Crippen molar-refractivity contribution in [1.82, 2.24) is 20.2 Å². The number of aromatic amines is 1. The van der Waals surface area contributed by atoms with Gasteiger partial charge in [0, 0.05) is 30.6 Å². The highest BCUT2D eigenvalue weighted by Gasteiger charge is 2.25. The van der Waals surface area contributed by atoms with Crippen molar-refractivity contribution in [2.45, 2.75) is 72.3 Å². The highest BCUT2D eigenvalue weighted by atomic mass is 32.1. The zero-order valence-electron chi connectivity index (χ0n) is 26.6. The highest BCUT2D eigenvalue weighted by molar-refractivity contribution is 7.71. The lowest BCUT2D eigenvalue weighted by Crippen LogP contribution is -2.12. The molecule has 1 unspecified atom stereocenters. The number of aromatic nitrogens is 2. The van der Waals surface area contributed by atoms with Gasteiger partial charge in [0.15, 0.2) is 0 Å². The lowest BCUT2D eigenvalue weighted by Gasteiger charge is -2.15. The molecule has 3 aromatic rings. The Morgan fingerprint density at radius 1 is 1.10 bits per heavy atom. The Hall–Kier alpha value is -3.19. The van der Waals surface area contributed by atoms with Crippen molar-refractivity contribution in [3.05, 3.63) is 93.5 Å². The summed E-state index contributed by atoms with van der Waals surface area (Å²) in [5, 5.41) is 3.25. The normalized spacial score (nSPS) is 15.2. The van der Waals surface area contributed by atoms with Crippen molar-refractivity contribution in [3.8, 4) is 22.4 Å². The second-order valence-corrected chi connectivity index (χ2v) is 11.2. The Balaban J connectivity index is 0.00000237. The number of H-pyrrole nitrogens is 1. The number of fused-ring (bicyclic) bond motifs is 1. The topological polar surface area (TPSA) is 56.3 Å². The summed E-state index contributed by atoms with van der Waals surface area (Å²) in [4.78, 5) is 15.1. The molecule has 1 aromatic heterocycles. The molecule has 0 radical (unpaired) electrons. The van der Waals surface area contributed by atoms with Gasteiger partial charge in [-0.05, 0) is 93.1 Å². The molecule has 0 spiro atoms. The van der Waals surface area contributed by atoms with E-state index in [9.17, 15) is 0 Å². The first-order valence-electron chi connectivity index (χ1n) is 15.5. The largest absolute Gasteiger partial charge is 0.343 e. The van der Waals surface area contributed by atoms with Gasteiger partial charge in [-0.3, -0.25) is 9.98 Å². The maximum atomic E-state index is 5.61. The first-order chi connectivity index (χ1) is 20.4. The van der Waals surface area contributed by atoms with Crippen LogP contribution >= 0.6 is 12.2 Å². The van der Waals surface area contributed by atoms with Gasteiger partial charge < -0.3 is 15.2 Å². The molecule has 0 fully saturated rings. The lowest BCUT2D eigenvalue weighted by molar-refractivity contribution is 0.395. The number of nitrogens with one attached hydrogen (secondary N) is 2. The number of hydrogen-bond acceptors (Lipinski definition) is 5. The van der Waals surface area contributed by atoms with Crippen molar-refractivity contribution in [3.63, 3.8) is 0 Å². The van der Waals surface area contributed by atoms with Crippen LogP contribution in [0.5, 0.6) is 0 Å². The third kappa shape index (κ3) is 8.90. The van der Waals surface area contributed by atoms with Crippen molar-refractivity contribution in [2.75, 3.05) is 27.7 Å². The van der Waals surface area contributed by atoms with E-state index < -0.39 is 0 Å². The van der Waals surface area contributed by atoms with Crippen molar-refractivity contribution >= 4 is 18.4 Å². The molecule has 4 rings (SSSR count). The number of nitrogens with zero attached hydrogens (tertiary/aromatic N) is 3. The van der Waals surface area contributed by atoms with E-state index in [1.54, 1.807) is 0 Å². The van der Waals surface area contributed by atoms with Gasteiger partial charge in [-0.2, -0.15) is 0 Å². The number of hydrogen-bond donors (Lipinski definition) is 2. The Morgan fingerprint density at radius 3 is 2.52 bits per heavy atom. The van der Waals surface area contributed by atoms with Crippen LogP contribution in [0.25, 0.3) is 22.4 Å². The molecular weight excluding hydrogens is 534 g/mol. The number of benzene rings is 2. The predicted octanol–water partition coefficient (Wildman–Crippen LogP) is 8.90. The minimum absolute atomic E-state index is 0.487. The number of aliphatic imine (C=N–C) groups is 1. The Labute approximate surface area is 258 Å². The van der Waals surface area contributed by atoms with Crippen molar-refractivity contribution in [2.24, 2.45) is 4.99 Å². The minimum Gasteiger partial charge on any atom is -0.343 e. The summed E-state index contributed by atoms with van der Waals surface area (Å²) >= 11 is 5.61. The monoisotopic (exact) mass is 583 g/mol. The molecule has 5 nitrogen and oxygen atoms in total. The summed E-state index contributed by atoms with van der Waals surface area (Å²) < 4.78 is 0.696. The van der Waals surface area contributed by atoms with Crippen molar-refractivity contribution in [1.29, 1.82) is 0 Å². The zero-order chi connectivity index (χ0) is 30.5. The summed E-state index contributed by atoms with van der Waals surface area (Å²) in [5.74, 6) is 0.487. The number of allylic oxidation sites excluding steroid dienone is 3. The van der Waals surface area contributed by atoms with E-state index in [1.165, 1.54) is 33.5 Å². The molecule has 1 aliphatic rings. The van der Waals surface area contributed by atoms with E-state index in [0.29, 0.717) is 10.6 Å². The van der Waals surface area contributed by atoms with Gasteiger partial charge in [-0.25, -0.2) is 0 Å². The van der Waals surface area contributed by atoms with E-state index in [0.717, 1.165) is 62.1 Å². The molecule has 0 amide bonds. The molecular formula is C36H49N5S. The number of rotatable bonds is 12. The van der Waals surface area contributed by atoms with Crippen LogP contribution in [0, 0.1) is 4.64 Å². The molecule has 1 atom stereocenters. The van der Waals surface area contributed by atoms with Crippen LogP contribution in [0.1, 0.15) is 76.1 Å². The van der Waals surface area contributed by atoms with Gasteiger partial charge in [0.2, 0.25) is 0 Å².